The molecule has 0 aliphatic heterocycles. The molecule has 1 aliphatic rings. The standard InChI is InChI=1S/C15H19BrN2O3/c16-11-6-7-13(12(8-11)14(19)20)18-15(21)17-9-10-4-2-1-3-5-10/h6-8,10H,1-5,9H2,(H,19,20)(H2,17,18,21). The van der Waals surface area contributed by atoms with Crippen LogP contribution in [0.15, 0.2) is 22.7 Å². The third-order valence-corrected chi connectivity index (χ3v) is 4.23. The van der Waals surface area contributed by atoms with Crippen LogP contribution in [0, 0.1) is 5.92 Å². The number of nitrogens with one attached hydrogen (secondary N) is 2. The summed E-state index contributed by atoms with van der Waals surface area (Å²) in [5.74, 6) is -0.535. The molecule has 1 fully saturated rings. The molecule has 6 heteroatoms. The molecule has 1 saturated carbocycles. The minimum Gasteiger partial charge on any atom is -0.478 e. The summed E-state index contributed by atoms with van der Waals surface area (Å²) in [4.78, 5) is 23.1. The molecule has 1 aromatic carbocycles. The second kappa shape index (κ2) is 7.45. The minimum absolute atomic E-state index is 0.0668. The van der Waals surface area contributed by atoms with Crippen molar-refractivity contribution >= 4 is 33.6 Å². The van der Waals surface area contributed by atoms with Gasteiger partial charge in [-0.1, -0.05) is 35.2 Å². The quantitative estimate of drug-likeness (QED) is 0.768. The van der Waals surface area contributed by atoms with Crippen molar-refractivity contribution in [2.24, 2.45) is 5.92 Å². The van der Waals surface area contributed by atoms with Crippen molar-refractivity contribution < 1.29 is 14.7 Å². The number of anilines is 1. The van der Waals surface area contributed by atoms with Gasteiger partial charge in [-0.2, -0.15) is 0 Å². The predicted octanol–water partition coefficient (Wildman–Crippen LogP) is 3.85. The van der Waals surface area contributed by atoms with Crippen LogP contribution in [-0.2, 0) is 0 Å². The molecule has 0 spiro atoms. The topological polar surface area (TPSA) is 78.4 Å². The van der Waals surface area contributed by atoms with E-state index in [1.807, 2.05) is 0 Å². The lowest BCUT2D eigenvalue weighted by Crippen LogP contribution is -2.34. The highest BCUT2D eigenvalue weighted by Crippen LogP contribution is 2.23. The Morgan fingerprint density at radius 3 is 2.62 bits per heavy atom. The van der Waals surface area contributed by atoms with Crippen molar-refractivity contribution in [3.05, 3.63) is 28.2 Å². The van der Waals surface area contributed by atoms with E-state index in [4.69, 9.17) is 5.11 Å². The lowest BCUT2D eigenvalue weighted by molar-refractivity contribution is 0.0698. The maximum atomic E-state index is 11.9. The van der Waals surface area contributed by atoms with Crippen LogP contribution in [0.1, 0.15) is 42.5 Å². The van der Waals surface area contributed by atoms with Crippen molar-refractivity contribution in [3.63, 3.8) is 0 Å². The zero-order valence-electron chi connectivity index (χ0n) is 11.7. The van der Waals surface area contributed by atoms with Gasteiger partial charge in [-0.05, 0) is 37.0 Å². The molecule has 21 heavy (non-hydrogen) atoms. The molecule has 0 aromatic heterocycles. The van der Waals surface area contributed by atoms with Crippen LogP contribution in [0.4, 0.5) is 10.5 Å². The van der Waals surface area contributed by atoms with Gasteiger partial charge in [0.2, 0.25) is 0 Å². The number of rotatable bonds is 4. The summed E-state index contributed by atoms with van der Waals surface area (Å²) in [6.45, 7) is 0.644. The Labute approximate surface area is 132 Å². The number of carboxylic acids is 1. The number of carbonyl (C=O) groups is 2. The summed E-state index contributed by atoms with van der Waals surface area (Å²) in [6.07, 6.45) is 6.04. The lowest BCUT2D eigenvalue weighted by Gasteiger charge is -2.21. The third kappa shape index (κ3) is 4.74. The fourth-order valence-electron chi connectivity index (χ4n) is 2.60. The molecule has 2 rings (SSSR count). The number of urea groups is 1. The normalized spacial score (nSPS) is 15.5. The van der Waals surface area contributed by atoms with Crippen molar-refractivity contribution in [2.75, 3.05) is 11.9 Å². The molecule has 1 aromatic rings. The van der Waals surface area contributed by atoms with E-state index in [1.165, 1.54) is 25.3 Å². The number of carbonyl (C=O) groups excluding carboxylic acids is 1. The fourth-order valence-corrected chi connectivity index (χ4v) is 2.96. The lowest BCUT2D eigenvalue weighted by atomic mass is 9.89. The summed E-state index contributed by atoms with van der Waals surface area (Å²) in [7, 11) is 0. The second-order valence-corrected chi connectivity index (χ2v) is 6.25. The van der Waals surface area contributed by atoms with Crippen LogP contribution in [0.5, 0.6) is 0 Å². The molecule has 0 radical (unpaired) electrons. The van der Waals surface area contributed by atoms with E-state index in [9.17, 15) is 9.59 Å². The fraction of sp³-hybridized carbons (Fsp3) is 0.467. The first-order chi connectivity index (χ1) is 10.1. The first-order valence-electron chi connectivity index (χ1n) is 7.14. The summed E-state index contributed by atoms with van der Waals surface area (Å²) < 4.78 is 0.660. The van der Waals surface area contributed by atoms with E-state index in [0.29, 0.717) is 22.6 Å². The van der Waals surface area contributed by atoms with Gasteiger partial charge in [-0.15, -0.1) is 0 Å². The molecular weight excluding hydrogens is 336 g/mol. The van der Waals surface area contributed by atoms with Gasteiger partial charge in [0.25, 0.3) is 0 Å². The Morgan fingerprint density at radius 2 is 1.95 bits per heavy atom. The number of hydrogen-bond acceptors (Lipinski definition) is 2. The van der Waals surface area contributed by atoms with Crippen molar-refractivity contribution in [1.82, 2.24) is 5.32 Å². The van der Waals surface area contributed by atoms with E-state index < -0.39 is 5.97 Å². The molecule has 0 heterocycles. The highest BCUT2D eigenvalue weighted by Gasteiger charge is 2.16. The van der Waals surface area contributed by atoms with E-state index in [-0.39, 0.29) is 11.6 Å². The predicted molar refractivity (Wildman–Crippen MR) is 84.7 cm³/mol. The Kier molecular flexibility index (Phi) is 5.61. The van der Waals surface area contributed by atoms with Gasteiger partial charge in [-0.3, -0.25) is 0 Å². The third-order valence-electron chi connectivity index (χ3n) is 3.74. The van der Waals surface area contributed by atoms with E-state index in [1.54, 1.807) is 12.1 Å². The largest absolute Gasteiger partial charge is 0.478 e. The summed E-state index contributed by atoms with van der Waals surface area (Å²) in [5, 5.41) is 14.6. The maximum absolute atomic E-state index is 11.9. The first kappa shape index (κ1) is 15.8. The molecule has 0 unspecified atom stereocenters. The van der Waals surface area contributed by atoms with Crippen LogP contribution in [0.25, 0.3) is 0 Å². The molecule has 0 atom stereocenters. The average molecular weight is 355 g/mol. The van der Waals surface area contributed by atoms with Crippen LogP contribution in [0.3, 0.4) is 0 Å². The highest BCUT2D eigenvalue weighted by atomic mass is 79.9. The monoisotopic (exact) mass is 354 g/mol. The van der Waals surface area contributed by atoms with Gasteiger partial charge in [0.15, 0.2) is 0 Å². The first-order valence-corrected chi connectivity index (χ1v) is 7.93. The van der Waals surface area contributed by atoms with Crippen LogP contribution >= 0.6 is 15.9 Å². The van der Waals surface area contributed by atoms with Gasteiger partial charge in [-0.25, -0.2) is 9.59 Å². The Morgan fingerprint density at radius 1 is 1.24 bits per heavy atom. The smallest absolute Gasteiger partial charge is 0.337 e. The zero-order chi connectivity index (χ0) is 15.2. The number of amides is 2. The van der Waals surface area contributed by atoms with Gasteiger partial charge in [0.1, 0.15) is 0 Å². The summed E-state index contributed by atoms with van der Waals surface area (Å²) >= 11 is 3.22. The molecule has 5 nitrogen and oxygen atoms in total. The Bertz CT molecular complexity index is 528. The molecule has 1 aliphatic carbocycles. The summed E-state index contributed by atoms with van der Waals surface area (Å²) in [6, 6.07) is 4.39. The molecule has 0 bridgehead atoms. The SMILES string of the molecule is O=C(NCC1CCCCC1)Nc1ccc(Br)cc1C(=O)O. The van der Waals surface area contributed by atoms with Crippen LogP contribution in [0.2, 0.25) is 0 Å². The highest BCUT2D eigenvalue weighted by molar-refractivity contribution is 9.10. The van der Waals surface area contributed by atoms with E-state index >= 15 is 0 Å². The van der Waals surface area contributed by atoms with Gasteiger partial charge in [0.05, 0.1) is 11.3 Å². The number of carboxylic acid groups (broad SMARTS) is 1. The Hall–Kier alpha value is -1.56. The average Bonchev–Trinajstić information content (AvgIpc) is 2.48. The minimum atomic E-state index is -1.07. The van der Waals surface area contributed by atoms with E-state index in [2.05, 4.69) is 26.6 Å². The Balaban J connectivity index is 1.91. The van der Waals surface area contributed by atoms with Crippen molar-refractivity contribution in [2.45, 2.75) is 32.1 Å². The van der Waals surface area contributed by atoms with E-state index in [0.717, 1.165) is 12.8 Å². The second-order valence-electron chi connectivity index (χ2n) is 5.33. The number of aromatic carboxylic acids is 1. The maximum Gasteiger partial charge on any atom is 0.337 e. The number of halogens is 1. The molecule has 2 amide bonds. The van der Waals surface area contributed by atoms with Crippen LogP contribution in [-0.4, -0.2) is 23.7 Å². The number of benzene rings is 1. The molecule has 114 valence electrons. The van der Waals surface area contributed by atoms with Gasteiger partial charge < -0.3 is 15.7 Å². The van der Waals surface area contributed by atoms with Gasteiger partial charge in [0, 0.05) is 11.0 Å². The molecule has 0 saturated heterocycles. The summed E-state index contributed by atoms with van der Waals surface area (Å²) in [5.41, 5.74) is 0.365. The van der Waals surface area contributed by atoms with Crippen molar-refractivity contribution in [3.8, 4) is 0 Å². The zero-order valence-corrected chi connectivity index (χ0v) is 13.3. The van der Waals surface area contributed by atoms with Gasteiger partial charge >= 0.3 is 12.0 Å². The number of hydrogen-bond donors (Lipinski definition) is 3. The molecular formula is C15H19BrN2O3. The van der Waals surface area contributed by atoms with Crippen molar-refractivity contribution in [1.29, 1.82) is 0 Å². The van der Waals surface area contributed by atoms with Crippen LogP contribution < -0.4 is 10.6 Å². The molecule has 3 N–H and O–H groups in total.